The van der Waals surface area contributed by atoms with E-state index >= 15 is 0 Å². The molecule has 0 aromatic carbocycles. The number of unbranched alkanes of at least 4 members (excludes halogenated alkanes) is 2. The van der Waals surface area contributed by atoms with Crippen molar-refractivity contribution in [2.75, 3.05) is 18.8 Å². The van der Waals surface area contributed by atoms with Crippen LogP contribution in [0.2, 0.25) is 0 Å². The molecule has 92 valence electrons. The topological polar surface area (TPSA) is 36.9 Å². The van der Waals surface area contributed by atoms with Gasteiger partial charge in [0.25, 0.3) is 0 Å². The Hall–Kier alpha value is -0.220. The molecule has 0 aromatic rings. The van der Waals surface area contributed by atoms with Crippen molar-refractivity contribution >= 4 is 17.7 Å². The molecule has 0 unspecified atom stereocenters. The number of rotatable bonds is 4. The average molecular weight is 243 g/mol. The van der Waals surface area contributed by atoms with Crippen LogP contribution in [0, 0.1) is 0 Å². The van der Waals surface area contributed by atoms with E-state index in [-0.39, 0.29) is 5.54 Å². The van der Waals surface area contributed by atoms with Crippen LogP contribution in [0.15, 0.2) is 0 Å². The molecule has 0 spiro atoms. The SMILES string of the molecule is CCCCC[C@@]1(C)[NH2+]CCN2C(=O)CS[C@H]21. The van der Waals surface area contributed by atoms with E-state index in [1.807, 2.05) is 11.8 Å². The number of nitrogens with zero attached hydrogens (tertiary/aromatic N) is 1. The Kier molecular flexibility index (Phi) is 3.80. The Morgan fingerprint density at radius 2 is 2.38 bits per heavy atom. The lowest BCUT2D eigenvalue weighted by molar-refractivity contribution is -0.735. The molecule has 0 saturated carbocycles. The predicted octanol–water partition coefficient (Wildman–Crippen LogP) is 0.804. The summed E-state index contributed by atoms with van der Waals surface area (Å²) in [6.45, 7) is 6.60. The van der Waals surface area contributed by atoms with E-state index in [4.69, 9.17) is 0 Å². The molecule has 2 atom stereocenters. The minimum absolute atomic E-state index is 0.254. The summed E-state index contributed by atoms with van der Waals surface area (Å²) in [7, 11) is 0. The summed E-state index contributed by atoms with van der Waals surface area (Å²) < 4.78 is 0. The Labute approximate surface area is 102 Å². The molecular weight excluding hydrogens is 220 g/mol. The minimum atomic E-state index is 0.254. The number of thioether (sulfide) groups is 1. The molecular formula is C12H23N2OS+. The minimum Gasteiger partial charge on any atom is -0.338 e. The van der Waals surface area contributed by atoms with E-state index in [9.17, 15) is 4.79 Å². The molecule has 2 aliphatic rings. The average Bonchev–Trinajstić information content (AvgIpc) is 2.63. The van der Waals surface area contributed by atoms with Crippen molar-refractivity contribution in [3.05, 3.63) is 0 Å². The first-order chi connectivity index (χ1) is 7.67. The summed E-state index contributed by atoms with van der Waals surface area (Å²) in [4.78, 5) is 13.8. The van der Waals surface area contributed by atoms with Crippen molar-refractivity contribution in [1.29, 1.82) is 0 Å². The summed E-state index contributed by atoms with van der Waals surface area (Å²) in [6, 6.07) is 0. The molecule has 2 heterocycles. The standard InChI is InChI=1S/C12H22N2OS/c1-3-4-5-6-12(2)11-14(8-7-13-12)10(15)9-16-11/h11,13H,3-9H2,1-2H3/p+1/t11-,12+/m0/s1. The maximum absolute atomic E-state index is 11.7. The van der Waals surface area contributed by atoms with Gasteiger partial charge in [0.1, 0.15) is 10.9 Å². The summed E-state index contributed by atoms with van der Waals surface area (Å²) in [5.41, 5.74) is 0.254. The number of quaternary nitrogens is 1. The lowest BCUT2D eigenvalue weighted by atomic mass is 9.91. The van der Waals surface area contributed by atoms with Crippen molar-refractivity contribution in [2.24, 2.45) is 0 Å². The van der Waals surface area contributed by atoms with Crippen molar-refractivity contribution in [2.45, 2.75) is 50.4 Å². The van der Waals surface area contributed by atoms with Gasteiger partial charge in [-0.1, -0.05) is 19.8 Å². The molecule has 2 aliphatic heterocycles. The van der Waals surface area contributed by atoms with E-state index in [0.29, 0.717) is 17.0 Å². The lowest BCUT2D eigenvalue weighted by Crippen LogP contribution is -3.02. The highest BCUT2D eigenvalue weighted by molar-refractivity contribution is 8.01. The molecule has 0 radical (unpaired) electrons. The normalized spacial score (nSPS) is 34.2. The molecule has 2 rings (SSSR count). The molecule has 0 bridgehead atoms. The monoisotopic (exact) mass is 243 g/mol. The largest absolute Gasteiger partial charge is 0.338 e. The van der Waals surface area contributed by atoms with E-state index in [1.165, 1.54) is 25.7 Å². The second kappa shape index (κ2) is 4.96. The fourth-order valence-corrected chi connectivity index (χ4v) is 4.32. The van der Waals surface area contributed by atoms with Gasteiger partial charge < -0.3 is 10.2 Å². The zero-order valence-electron chi connectivity index (χ0n) is 10.4. The van der Waals surface area contributed by atoms with Gasteiger partial charge >= 0.3 is 0 Å². The van der Waals surface area contributed by atoms with Gasteiger partial charge in [-0.15, -0.1) is 11.8 Å². The number of fused-ring (bicyclic) bond motifs is 1. The van der Waals surface area contributed by atoms with E-state index in [1.54, 1.807) is 0 Å². The number of nitrogens with two attached hydrogens (primary N) is 1. The summed E-state index contributed by atoms with van der Waals surface area (Å²) in [5, 5.41) is 2.89. The van der Waals surface area contributed by atoms with Crippen LogP contribution in [0.3, 0.4) is 0 Å². The molecule has 2 N–H and O–H groups in total. The quantitative estimate of drug-likeness (QED) is 0.742. The Balaban J connectivity index is 1.99. The number of carbonyl (C=O) groups is 1. The van der Waals surface area contributed by atoms with Crippen molar-refractivity contribution in [3.63, 3.8) is 0 Å². The second-order valence-corrected chi connectivity index (χ2v) is 6.27. The number of piperazine rings is 1. The maximum Gasteiger partial charge on any atom is 0.233 e. The molecule has 1 amide bonds. The third-order valence-electron chi connectivity index (χ3n) is 3.83. The summed E-state index contributed by atoms with van der Waals surface area (Å²) in [6.07, 6.45) is 5.12. The molecule has 2 fully saturated rings. The molecule has 4 heteroatoms. The van der Waals surface area contributed by atoms with Crippen molar-refractivity contribution in [3.8, 4) is 0 Å². The number of amides is 1. The fourth-order valence-electron chi connectivity index (χ4n) is 2.86. The van der Waals surface area contributed by atoms with Gasteiger partial charge in [0.15, 0.2) is 0 Å². The van der Waals surface area contributed by atoms with Crippen molar-refractivity contribution < 1.29 is 10.1 Å². The Morgan fingerprint density at radius 3 is 3.12 bits per heavy atom. The first-order valence-corrected chi connectivity index (χ1v) is 7.48. The van der Waals surface area contributed by atoms with Gasteiger partial charge in [0, 0.05) is 6.42 Å². The van der Waals surface area contributed by atoms with Gasteiger partial charge in [0.2, 0.25) is 5.91 Å². The summed E-state index contributed by atoms with van der Waals surface area (Å²) >= 11 is 1.84. The third kappa shape index (κ3) is 2.23. The smallest absolute Gasteiger partial charge is 0.233 e. The second-order valence-electron chi connectivity index (χ2n) is 5.21. The highest BCUT2D eigenvalue weighted by Gasteiger charge is 2.49. The van der Waals surface area contributed by atoms with Gasteiger partial charge in [-0.2, -0.15) is 0 Å². The van der Waals surface area contributed by atoms with Crippen LogP contribution in [0.4, 0.5) is 0 Å². The molecule has 16 heavy (non-hydrogen) atoms. The maximum atomic E-state index is 11.7. The van der Waals surface area contributed by atoms with Crippen LogP contribution in [-0.2, 0) is 4.79 Å². The molecule has 3 nitrogen and oxygen atoms in total. The fraction of sp³-hybridized carbons (Fsp3) is 0.917. The van der Waals surface area contributed by atoms with Gasteiger partial charge in [-0.05, 0) is 13.3 Å². The zero-order valence-corrected chi connectivity index (χ0v) is 11.2. The van der Waals surface area contributed by atoms with Gasteiger partial charge in [0.05, 0.1) is 18.8 Å². The predicted molar refractivity (Wildman–Crippen MR) is 67.3 cm³/mol. The van der Waals surface area contributed by atoms with Gasteiger partial charge in [-0.25, -0.2) is 0 Å². The van der Waals surface area contributed by atoms with E-state index in [0.717, 1.165) is 13.1 Å². The Morgan fingerprint density at radius 1 is 1.56 bits per heavy atom. The highest BCUT2D eigenvalue weighted by Crippen LogP contribution is 2.34. The number of carbonyl (C=O) groups excluding carboxylic acids is 1. The summed E-state index contributed by atoms with van der Waals surface area (Å²) in [5.74, 6) is 1.05. The number of hydrogen-bond acceptors (Lipinski definition) is 2. The molecule has 0 aromatic heterocycles. The van der Waals surface area contributed by atoms with Gasteiger partial charge in [-0.3, -0.25) is 4.79 Å². The number of hydrogen-bond donors (Lipinski definition) is 1. The van der Waals surface area contributed by atoms with Crippen LogP contribution in [0.1, 0.15) is 39.5 Å². The van der Waals surface area contributed by atoms with E-state index < -0.39 is 0 Å². The van der Waals surface area contributed by atoms with Crippen LogP contribution in [0.25, 0.3) is 0 Å². The highest BCUT2D eigenvalue weighted by atomic mass is 32.2. The Bertz CT molecular complexity index is 272. The van der Waals surface area contributed by atoms with Crippen LogP contribution in [-0.4, -0.2) is 40.6 Å². The molecule has 2 saturated heterocycles. The molecule has 0 aliphatic carbocycles. The van der Waals surface area contributed by atoms with Crippen LogP contribution >= 0.6 is 11.8 Å². The van der Waals surface area contributed by atoms with Crippen molar-refractivity contribution in [1.82, 2.24) is 4.90 Å². The zero-order chi connectivity index (χ0) is 11.6. The first kappa shape index (κ1) is 12.2. The third-order valence-corrected chi connectivity index (χ3v) is 5.35. The van der Waals surface area contributed by atoms with Crippen LogP contribution < -0.4 is 5.32 Å². The first-order valence-electron chi connectivity index (χ1n) is 6.43. The van der Waals surface area contributed by atoms with E-state index in [2.05, 4.69) is 24.1 Å². The lowest BCUT2D eigenvalue weighted by Gasteiger charge is -2.41. The van der Waals surface area contributed by atoms with Crippen LogP contribution in [0.5, 0.6) is 0 Å².